The summed E-state index contributed by atoms with van der Waals surface area (Å²) in [5.41, 5.74) is 3.86. The summed E-state index contributed by atoms with van der Waals surface area (Å²) >= 11 is 0. The Labute approximate surface area is 92.5 Å². The van der Waals surface area contributed by atoms with Gasteiger partial charge in [-0.1, -0.05) is 0 Å². The first kappa shape index (κ1) is 11.3. The maximum absolute atomic E-state index is 5.07. The van der Waals surface area contributed by atoms with E-state index in [9.17, 15) is 0 Å². The highest BCUT2D eigenvalue weighted by atomic mass is 16.5. The Morgan fingerprint density at radius 2 is 2.13 bits per heavy atom. The van der Waals surface area contributed by atoms with Gasteiger partial charge in [-0.3, -0.25) is 5.43 Å². The third-order valence-electron chi connectivity index (χ3n) is 3.70. The number of rotatable bonds is 5. The summed E-state index contributed by atoms with van der Waals surface area (Å²) in [7, 11) is 3.80. The summed E-state index contributed by atoms with van der Waals surface area (Å²) in [6.07, 6.45) is 2.52. The van der Waals surface area contributed by atoms with E-state index in [-0.39, 0.29) is 0 Å². The zero-order valence-electron chi connectivity index (χ0n) is 9.96. The molecule has 88 valence electrons. The van der Waals surface area contributed by atoms with E-state index in [2.05, 4.69) is 15.3 Å². The molecular formula is C11H23N3O. The third-order valence-corrected chi connectivity index (χ3v) is 3.70. The first-order valence-corrected chi connectivity index (χ1v) is 5.92. The molecule has 2 rings (SSSR count). The van der Waals surface area contributed by atoms with Crippen LogP contribution in [0.15, 0.2) is 0 Å². The van der Waals surface area contributed by atoms with Gasteiger partial charge in [-0.25, -0.2) is 5.01 Å². The molecule has 4 nitrogen and oxygen atoms in total. The van der Waals surface area contributed by atoms with Crippen molar-refractivity contribution in [2.45, 2.75) is 12.8 Å². The van der Waals surface area contributed by atoms with E-state index in [0.29, 0.717) is 5.41 Å². The minimum Gasteiger partial charge on any atom is -0.385 e. The number of likely N-dealkylation sites (tertiary alicyclic amines) is 1. The monoisotopic (exact) mass is 213 g/mol. The Hall–Kier alpha value is -0.160. The summed E-state index contributed by atoms with van der Waals surface area (Å²) in [4.78, 5) is 2.55. The summed E-state index contributed by atoms with van der Waals surface area (Å²) in [6.45, 7) is 7.11. The summed E-state index contributed by atoms with van der Waals surface area (Å²) in [5.74, 6) is 0. The van der Waals surface area contributed by atoms with Crippen LogP contribution in [0.3, 0.4) is 0 Å². The zero-order valence-corrected chi connectivity index (χ0v) is 9.96. The van der Waals surface area contributed by atoms with Crippen molar-refractivity contribution in [1.29, 1.82) is 0 Å². The van der Waals surface area contributed by atoms with Gasteiger partial charge in [-0.2, -0.15) is 0 Å². The fourth-order valence-corrected chi connectivity index (χ4v) is 2.88. The first-order chi connectivity index (χ1) is 7.28. The molecule has 2 fully saturated rings. The van der Waals surface area contributed by atoms with Crippen LogP contribution in [0.4, 0.5) is 0 Å². The van der Waals surface area contributed by atoms with Gasteiger partial charge in [0.25, 0.3) is 0 Å². The van der Waals surface area contributed by atoms with Crippen molar-refractivity contribution in [2.75, 3.05) is 53.5 Å². The molecule has 0 unspecified atom stereocenters. The number of nitrogens with zero attached hydrogens (tertiary/aromatic N) is 2. The SMILES string of the molecule is CNN1CCC2(CN(CCCOC)C2)C1. The second-order valence-corrected chi connectivity index (χ2v) is 4.95. The van der Waals surface area contributed by atoms with E-state index in [0.717, 1.165) is 6.61 Å². The number of hydrogen-bond donors (Lipinski definition) is 1. The van der Waals surface area contributed by atoms with Crippen LogP contribution in [0, 0.1) is 5.41 Å². The molecule has 1 N–H and O–H groups in total. The molecule has 0 aromatic heterocycles. The van der Waals surface area contributed by atoms with Crippen LogP contribution in [-0.2, 0) is 4.74 Å². The van der Waals surface area contributed by atoms with E-state index in [1.807, 2.05) is 7.05 Å². The average Bonchev–Trinajstić information content (AvgIpc) is 2.61. The predicted molar refractivity (Wildman–Crippen MR) is 60.6 cm³/mol. The Bertz CT molecular complexity index is 204. The van der Waals surface area contributed by atoms with Crippen molar-refractivity contribution in [2.24, 2.45) is 5.41 Å². The van der Waals surface area contributed by atoms with Gasteiger partial charge in [0.05, 0.1) is 0 Å². The Kier molecular flexibility index (Phi) is 3.61. The molecule has 2 heterocycles. The molecule has 0 amide bonds. The summed E-state index contributed by atoms with van der Waals surface area (Å²) < 4.78 is 5.07. The lowest BCUT2D eigenvalue weighted by molar-refractivity contribution is 0.000437. The number of hydrogen-bond acceptors (Lipinski definition) is 4. The Morgan fingerprint density at radius 1 is 1.33 bits per heavy atom. The van der Waals surface area contributed by atoms with Crippen LogP contribution in [0.1, 0.15) is 12.8 Å². The van der Waals surface area contributed by atoms with E-state index < -0.39 is 0 Å². The first-order valence-electron chi connectivity index (χ1n) is 5.92. The molecule has 15 heavy (non-hydrogen) atoms. The maximum Gasteiger partial charge on any atom is 0.0474 e. The lowest BCUT2D eigenvalue weighted by Gasteiger charge is -2.48. The fraction of sp³-hybridized carbons (Fsp3) is 1.00. The molecule has 2 aliphatic heterocycles. The van der Waals surface area contributed by atoms with Gasteiger partial charge in [-0.05, 0) is 19.9 Å². The van der Waals surface area contributed by atoms with Gasteiger partial charge in [0.15, 0.2) is 0 Å². The van der Waals surface area contributed by atoms with Gasteiger partial charge in [0.1, 0.15) is 0 Å². The zero-order chi connectivity index (χ0) is 10.7. The molecule has 2 saturated heterocycles. The van der Waals surface area contributed by atoms with E-state index in [1.54, 1.807) is 7.11 Å². The Morgan fingerprint density at radius 3 is 2.73 bits per heavy atom. The van der Waals surface area contributed by atoms with Crippen molar-refractivity contribution in [3.63, 3.8) is 0 Å². The fourth-order valence-electron chi connectivity index (χ4n) is 2.88. The summed E-state index contributed by atoms with van der Waals surface area (Å²) in [5, 5.41) is 2.34. The van der Waals surface area contributed by atoms with E-state index in [4.69, 9.17) is 4.74 Å². The highest BCUT2D eigenvalue weighted by molar-refractivity contribution is 5.00. The molecular weight excluding hydrogens is 190 g/mol. The van der Waals surface area contributed by atoms with Gasteiger partial charge >= 0.3 is 0 Å². The van der Waals surface area contributed by atoms with E-state index in [1.165, 1.54) is 45.6 Å². The quantitative estimate of drug-likeness (QED) is 0.659. The molecule has 0 aromatic carbocycles. The van der Waals surface area contributed by atoms with Crippen molar-refractivity contribution in [3.8, 4) is 0 Å². The topological polar surface area (TPSA) is 27.7 Å². The van der Waals surface area contributed by atoms with Crippen LogP contribution in [0.25, 0.3) is 0 Å². The van der Waals surface area contributed by atoms with Crippen LogP contribution in [-0.4, -0.2) is 63.4 Å². The van der Waals surface area contributed by atoms with Crippen molar-refractivity contribution in [1.82, 2.24) is 15.3 Å². The minimum atomic E-state index is 0.607. The summed E-state index contributed by atoms with van der Waals surface area (Å²) in [6, 6.07) is 0. The van der Waals surface area contributed by atoms with Crippen LogP contribution >= 0.6 is 0 Å². The van der Waals surface area contributed by atoms with Gasteiger partial charge in [0, 0.05) is 51.9 Å². The average molecular weight is 213 g/mol. The van der Waals surface area contributed by atoms with Crippen LogP contribution < -0.4 is 5.43 Å². The van der Waals surface area contributed by atoms with E-state index >= 15 is 0 Å². The second kappa shape index (κ2) is 4.78. The highest BCUT2D eigenvalue weighted by Crippen LogP contribution is 2.38. The molecule has 2 aliphatic rings. The molecule has 0 radical (unpaired) electrons. The number of ether oxygens (including phenoxy) is 1. The van der Waals surface area contributed by atoms with Crippen LogP contribution in [0.5, 0.6) is 0 Å². The molecule has 0 saturated carbocycles. The lowest BCUT2D eigenvalue weighted by atomic mass is 9.79. The van der Waals surface area contributed by atoms with Gasteiger partial charge in [0.2, 0.25) is 0 Å². The smallest absolute Gasteiger partial charge is 0.0474 e. The normalized spacial score (nSPS) is 26.0. The molecule has 4 heteroatoms. The molecule has 1 spiro atoms. The number of methoxy groups -OCH3 is 1. The maximum atomic E-state index is 5.07. The van der Waals surface area contributed by atoms with Crippen molar-refractivity contribution in [3.05, 3.63) is 0 Å². The third kappa shape index (κ3) is 2.50. The van der Waals surface area contributed by atoms with Gasteiger partial charge in [-0.15, -0.1) is 0 Å². The minimum absolute atomic E-state index is 0.607. The molecule has 0 atom stereocenters. The molecule has 0 aliphatic carbocycles. The lowest BCUT2D eigenvalue weighted by Crippen LogP contribution is -2.58. The van der Waals surface area contributed by atoms with Crippen LogP contribution in [0.2, 0.25) is 0 Å². The molecule has 0 aromatic rings. The largest absolute Gasteiger partial charge is 0.385 e. The second-order valence-electron chi connectivity index (χ2n) is 4.95. The Balaban J connectivity index is 1.64. The van der Waals surface area contributed by atoms with Crippen molar-refractivity contribution >= 4 is 0 Å². The van der Waals surface area contributed by atoms with Gasteiger partial charge < -0.3 is 9.64 Å². The predicted octanol–water partition coefficient (Wildman–Crippen LogP) is 0.165. The number of nitrogens with one attached hydrogen (secondary N) is 1. The number of hydrazine groups is 1. The standard InChI is InChI=1S/C11H23N3O/c1-12-14-6-4-11(10-14)8-13(9-11)5-3-7-15-2/h12H,3-10H2,1-2H3. The van der Waals surface area contributed by atoms with Crippen molar-refractivity contribution < 1.29 is 4.74 Å². The highest BCUT2D eigenvalue weighted by Gasteiger charge is 2.46. The molecule has 0 bridgehead atoms.